The summed E-state index contributed by atoms with van der Waals surface area (Å²) < 4.78 is 18.2. The molecule has 0 spiro atoms. The molecule has 0 aliphatic rings. The lowest BCUT2D eigenvalue weighted by Crippen LogP contribution is -2.09. The molecule has 0 aliphatic heterocycles. The highest BCUT2D eigenvalue weighted by atomic mass is 19.1. The minimum absolute atomic E-state index is 0.0350. The van der Waals surface area contributed by atoms with E-state index in [4.69, 9.17) is 5.26 Å². The molecule has 4 nitrogen and oxygen atoms in total. The van der Waals surface area contributed by atoms with Crippen LogP contribution in [0.2, 0.25) is 0 Å². The topological polar surface area (TPSA) is 70.3 Å². The molecule has 0 saturated carbocycles. The Labute approximate surface area is 91.9 Å². The molecule has 1 N–H and O–H groups in total. The minimum Gasteiger partial charge on any atom is -0.506 e. The number of ether oxygens (including phenoxy) is 1. The molecule has 0 saturated heterocycles. The highest BCUT2D eigenvalue weighted by molar-refractivity contribution is 5.73. The Hall–Kier alpha value is -2.09. The summed E-state index contributed by atoms with van der Waals surface area (Å²) in [6.45, 7) is 1.86. The predicted octanol–water partition coefficient (Wildman–Crippen LogP) is 1.51. The molecular weight excluding hydrogens is 213 g/mol. The number of benzene rings is 1. The summed E-state index contributed by atoms with van der Waals surface area (Å²) >= 11 is 0. The third kappa shape index (κ3) is 2.48. The Balaban J connectivity index is 2.99. The van der Waals surface area contributed by atoms with E-state index in [1.54, 1.807) is 6.92 Å². The molecule has 1 aromatic rings. The standard InChI is InChI=1S/C11H10FNO3/c1-2-16-10(15)5-7-3-4-9(14)8(6-13)11(7)12/h3-4,14H,2,5H2,1H3. The van der Waals surface area contributed by atoms with Crippen molar-refractivity contribution in [1.82, 2.24) is 0 Å². The monoisotopic (exact) mass is 223 g/mol. The van der Waals surface area contributed by atoms with E-state index >= 15 is 0 Å². The van der Waals surface area contributed by atoms with E-state index in [-0.39, 0.29) is 18.6 Å². The zero-order valence-corrected chi connectivity index (χ0v) is 8.66. The van der Waals surface area contributed by atoms with Crippen LogP contribution in [0.1, 0.15) is 18.1 Å². The van der Waals surface area contributed by atoms with E-state index in [0.29, 0.717) is 0 Å². The number of rotatable bonds is 3. The third-order valence-electron chi connectivity index (χ3n) is 1.95. The van der Waals surface area contributed by atoms with Gasteiger partial charge in [0.1, 0.15) is 23.2 Å². The number of nitrogens with zero attached hydrogens (tertiary/aromatic N) is 1. The molecule has 0 aliphatic carbocycles. The summed E-state index contributed by atoms with van der Waals surface area (Å²) in [4.78, 5) is 11.1. The molecule has 0 bridgehead atoms. The fourth-order valence-corrected chi connectivity index (χ4v) is 1.22. The number of esters is 1. The van der Waals surface area contributed by atoms with Crippen molar-refractivity contribution < 1.29 is 19.0 Å². The van der Waals surface area contributed by atoms with Gasteiger partial charge < -0.3 is 9.84 Å². The van der Waals surface area contributed by atoms with E-state index in [1.807, 2.05) is 0 Å². The first-order valence-corrected chi connectivity index (χ1v) is 4.66. The molecule has 5 heteroatoms. The molecular formula is C11H10FNO3. The van der Waals surface area contributed by atoms with Gasteiger partial charge in [-0.05, 0) is 13.0 Å². The van der Waals surface area contributed by atoms with Gasteiger partial charge in [0.15, 0.2) is 0 Å². The van der Waals surface area contributed by atoms with Crippen LogP contribution in [0.3, 0.4) is 0 Å². The molecule has 0 heterocycles. The SMILES string of the molecule is CCOC(=O)Cc1ccc(O)c(C#N)c1F. The third-order valence-corrected chi connectivity index (χ3v) is 1.95. The predicted molar refractivity (Wildman–Crippen MR) is 53.1 cm³/mol. The highest BCUT2D eigenvalue weighted by Gasteiger charge is 2.15. The average Bonchev–Trinajstić information content (AvgIpc) is 2.23. The zero-order valence-electron chi connectivity index (χ0n) is 8.66. The first kappa shape index (κ1) is 12.0. The number of nitriles is 1. The average molecular weight is 223 g/mol. The Morgan fingerprint density at radius 1 is 1.62 bits per heavy atom. The van der Waals surface area contributed by atoms with Crippen LogP contribution < -0.4 is 0 Å². The van der Waals surface area contributed by atoms with Crippen molar-refractivity contribution in [2.75, 3.05) is 6.61 Å². The van der Waals surface area contributed by atoms with Gasteiger partial charge in [0.2, 0.25) is 0 Å². The number of carbonyl (C=O) groups is 1. The quantitative estimate of drug-likeness (QED) is 0.788. The van der Waals surface area contributed by atoms with Gasteiger partial charge in [0.25, 0.3) is 0 Å². The number of hydrogen-bond donors (Lipinski definition) is 1. The van der Waals surface area contributed by atoms with Crippen molar-refractivity contribution in [2.24, 2.45) is 0 Å². The van der Waals surface area contributed by atoms with Gasteiger partial charge >= 0.3 is 5.97 Å². The van der Waals surface area contributed by atoms with Crippen molar-refractivity contribution in [3.8, 4) is 11.8 Å². The van der Waals surface area contributed by atoms with Crippen molar-refractivity contribution in [1.29, 1.82) is 5.26 Å². The van der Waals surface area contributed by atoms with Crippen molar-refractivity contribution in [3.05, 3.63) is 29.1 Å². The summed E-state index contributed by atoms with van der Waals surface area (Å²) in [6, 6.07) is 3.96. The maximum absolute atomic E-state index is 13.5. The van der Waals surface area contributed by atoms with Gasteiger partial charge in [0.05, 0.1) is 13.0 Å². The van der Waals surface area contributed by atoms with Gasteiger partial charge in [-0.15, -0.1) is 0 Å². The molecule has 0 fully saturated rings. The first-order chi connectivity index (χ1) is 7.60. The van der Waals surface area contributed by atoms with Crippen molar-refractivity contribution in [2.45, 2.75) is 13.3 Å². The van der Waals surface area contributed by atoms with Gasteiger partial charge in [-0.3, -0.25) is 4.79 Å². The normalized spacial score (nSPS) is 9.56. The van der Waals surface area contributed by atoms with E-state index in [0.717, 1.165) is 0 Å². The Morgan fingerprint density at radius 3 is 2.88 bits per heavy atom. The minimum atomic E-state index is -0.879. The summed E-state index contributed by atoms with van der Waals surface area (Å²) in [6.07, 6.45) is -0.255. The zero-order chi connectivity index (χ0) is 12.1. The molecule has 16 heavy (non-hydrogen) atoms. The van der Waals surface area contributed by atoms with Crippen molar-refractivity contribution in [3.63, 3.8) is 0 Å². The lowest BCUT2D eigenvalue weighted by Gasteiger charge is -2.05. The summed E-state index contributed by atoms with van der Waals surface area (Å²) in [5.41, 5.74) is -0.422. The van der Waals surface area contributed by atoms with Crippen LogP contribution in [0, 0.1) is 17.1 Å². The van der Waals surface area contributed by atoms with Gasteiger partial charge in [0, 0.05) is 5.56 Å². The molecule has 84 valence electrons. The van der Waals surface area contributed by atoms with Crippen LogP contribution in [0.15, 0.2) is 12.1 Å². The number of phenolic OH excluding ortho intramolecular Hbond substituents is 1. The fourth-order valence-electron chi connectivity index (χ4n) is 1.22. The lowest BCUT2D eigenvalue weighted by molar-refractivity contribution is -0.142. The number of hydrogen-bond acceptors (Lipinski definition) is 4. The van der Waals surface area contributed by atoms with E-state index < -0.39 is 23.1 Å². The Bertz CT molecular complexity index is 451. The molecule has 0 radical (unpaired) electrons. The number of phenols is 1. The van der Waals surface area contributed by atoms with E-state index in [2.05, 4.69) is 4.74 Å². The highest BCUT2D eigenvalue weighted by Crippen LogP contribution is 2.22. The van der Waals surface area contributed by atoms with Gasteiger partial charge in [-0.25, -0.2) is 4.39 Å². The van der Waals surface area contributed by atoms with Crippen LogP contribution in [0.25, 0.3) is 0 Å². The maximum atomic E-state index is 13.5. The van der Waals surface area contributed by atoms with Crippen LogP contribution in [0.4, 0.5) is 4.39 Å². The molecule has 0 atom stereocenters. The lowest BCUT2D eigenvalue weighted by atomic mass is 10.1. The van der Waals surface area contributed by atoms with Crippen LogP contribution in [-0.2, 0) is 16.0 Å². The largest absolute Gasteiger partial charge is 0.506 e. The number of carbonyl (C=O) groups excluding carboxylic acids is 1. The molecule has 0 amide bonds. The second kappa shape index (κ2) is 5.12. The maximum Gasteiger partial charge on any atom is 0.310 e. The molecule has 1 rings (SSSR count). The van der Waals surface area contributed by atoms with E-state index in [9.17, 15) is 14.3 Å². The smallest absolute Gasteiger partial charge is 0.310 e. The molecule has 1 aromatic carbocycles. The van der Waals surface area contributed by atoms with Gasteiger partial charge in [-0.1, -0.05) is 6.07 Å². The van der Waals surface area contributed by atoms with E-state index in [1.165, 1.54) is 18.2 Å². The van der Waals surface area contributed by atoms with Crippen LogP contribution >= 0.6 is 0 Å². The first-order valence-electron chi connectivity index (χ1n) is 4.66. The fraction of sp³-hybridized carbons (Fsp3) is 0.273. The second-order valence-electron chi connectivity index (χ2n) is 3.03. The summed E-state index contributed by atoms with van der Waals surface area (Å²) in [5, 5.41) is 17.8. The second-order valence-corrected chi connectivity index (χ2v) is 3.03. The Morgan fingerprint density at radius 2 is 2.31 bits per heavy atom. The molecule has 0 unspecified atom stereocenters. The Kier molecular flexibility index (Phi) is 3.84. The summed E-state index contributed by atoms with van der Waals surface area (Å²) in [7, 11) is 0. The van der Waals surface area contributed by atoms with Crippen LogP contribution in [0.5, 0.6) is 5.75 Å². The van der Waals surface area contributed by atoms with Crippen LogP contribution in [-0.4, -0.2) is 17.7 Å². The van der Waals surface area contributed by atoms with Crippen molar-refractivity contribution >= 4 is 5.97 Å². The van der Waals surface area contributed by atoms with Gasteiger partial charge in [-0.2, -0.15) is 5.26 Å². The number of aromatic hydroxyl groups is 1. The number of halogens is 1. The molecule has 0 aromatic heterocycles. The summed E-state index contributed by atoms with van der Waals surface area (Å²) in [5.74, 6) is -1.89.